The number of benzene rings is 1. The van der Waals surface area contributed by atoms with Crippen molar-refractivity contribution in [1.82, 2.24) is 20.9 Å². The maximum Gasteiger partial charge on any atom is 0.416 e. The number of amides is 1. The zero-order valence-corrected chi connectivity index (χ0v) is 23.8. The van der Waals surface area contributed by atoms with Gasteiger partial charge in [-0.1, -0.05) is 0 Å². The number of nitrogens with zero attached hydrogens (tertiary/aromatic N) is 1. The molecule has 5 rings (SSSR count). The lowest BCUT2D eigenvalue weighted by atomic mass is 9.79. The van der Waals surface area contributed by atoms with Crippen molar-refractivity contribution >= 4 is 28.1 Å². The standard InChI is InChI=1S/C26H34F3N5O7S/c1-11-8-15(25(38)23(39-11)40-22-20(37)17(30-2)19(36)18(31-3)21(22)41-25)34-16(35)9-14-10-42-24(33-14)32-13-6-4-12(5-7-13)26(27,28)29/h4-7,10-11,15,17-23,30-31,36-38H,8-9H2,1-3H3,(H,32,33)(H,34,35)/t11-,15-,17-,18+,19+,20+,21?,22?,23?,25+/m1/s1. The summed E-state index contributed by atoms with van der Waals surface area (Å²) in [7, 11) is 3.22. The average Bonchev–Trinajstić information content (AvgIpc) is 3.35. The third-order valence-electron chi connectivity index (χ3n) is 7.84. The third kappa shape index (κ3) is 6.00. The van der Waals surface area contributed by atoms with Crippen LogP contribution in [0.4, 0.5) is 24.0 Å². The van der Waals surface area contributed by atoms with Crippen molar-refractivity contribution in [2.45, 2.75) is 86.7 Å². The predicted octanol–water partition coefficient (Wildman–Crippen LogP) is 0.452. The molecule has 2 saturated heterocycles. The van der Waals surface area contributed by atoms with E-state index in [-0.39, 0.29) is 12.8 Å². The van der Waals surface area contributed by atoms with Gasteiger partial charge in [0.05, 0.1) is 48.0 Å². The summed E-state index contributed by atoms with van der Waals surface area (Å²) < 4.78 is 56.4. The molecule has 1 aromatic carbocycles. The van der Waals surface area contributed by atoms with E-state index in [1.807, 2.05) is 0 Å². The Morgan fingerprint density at radius 1 is 1.10 bits per heavy atom. The van der Waals surface area contributed by atoms with Gasteiger partial charge in [-0.25, -0.2) is 4.98 Å². The lowest BCUT2D eigenvalue weighted by molar-refractivity contribution is -0.449. The number of carbonyl (C=O) groups excluding carboxylic acids is 1. The first-order valence-corrected chi connectivity index (χ1v) is 14.3. The maximum atomic E-state index is 13.1. The molecule has 7 N–H and O–H groups in total. The minimum absolute atomic E-state index is 0.148. The van der Waals surface area contributed by atoms with Crippen LogP contribution in [0.25, 0.3) is 0 Å². The summed E-state index contributed by atoms with van der Waals surface area (Å²) in [4.78, 5) is 17.4. The molecular weight excluding hydrogens is 583 g/mol. The zero-order valence-electron chi connectivity index (χ0n) is 23.0. The molecule has 3 unspecified atom stereocenters. The Hall–Kier alpha value is -2.41. The fourth-order valence-corrected chi connectivity index (χ4v) is 6.47. The van der Waals surface area contributed by atoms with E-state index in [2.05, 4.69) is 26.3 Å². The topological polar surface area (TPSA) is 166 Å². The van der Waals surface area contributed by atoms with Gasteiger partial charge in [-0.05, 0) is 51.7 Å². The molecule has 42 heavy (non-hydrogen) atoms. The van der Waals surface area contributed by atoms with E-state index in [4.69, 9.17) is 14.2 Å². The van der Waals surface area contributed by atoms with Crippen molar-refractivity contribution in [1.29, 1.82) is 0 Å². The molecule has 3 heterocycles. The van der Waals surface area contributed by atoms with Crippen molar-refractivity contribution in [2.75, 3.05) is 19.4 Å². The van der Waals surface area contributed by atoms with Gasteiger partial charge in [-0.15, -0.1) is 11.3 Å². The molecule has 0 spiro atoms. The van der Waals surface area contributed by atoms with Gasteiger partial charge < -0.3 is 50.8 Å². The molecular formula is C26H34F3N5O7S. The largest absolute Gasteiger partial charge is 0.416 e. The zero-order chi connectivity index (χ0) is 30.4. The Morgan fingerprint density at radius 3 is 2.43 bits per heavy atom. The smallest absolute Gasteiger partial charge is 0.390 e. The second-order valence-electron chi connectivity index (χ2n) is 10.7. The van der Waals surface area contributed by atoms with E-state index in [9.17, 15) is 33.3 Å². The van der Waals surface area contributed by atoms with Crippen molar-refractivity contribution in [3.8, 4) is 0 Å². The van der Waals surface area contributed by atoms with E-state index in [1.54, 1.807) is 26.4 Å². The number of aromatic nitrogens is 1. The van der Waals surface area contributed by atoms with Crippen molar-refractivity contribution < 1.29 is 47.5 Å². The monoisotopic (exact) mass is 617 g/mol. The van der Waals surface area contributed by atoms with Crippen molar-refractivity contribution in [3.05, 3.63) is 40.9 Å². The van der Waals surface area contributed by atoms with E-state index in [0.717, 1.165) is 12.1 Å². The van der Waals surface area contributed by atoms with Crippen LogP contribution in [-0.2, 0) is 31.6 Å². The Bertz CT molecular complexity index is 1250. The van der Waals surface area contributed by atoms with E-state index >= 15 is 0 Å². The molecule has 1 saturated carbocycles. The van der Waals surface area contributed by atoms with Crippen LogP contribution in [0.15, 0.2) is 29.6 Å². The van der Waals surface area contributed by atoms with Crippen LogP contribution in [0.3, 0.4) is 0 Å². The molecule has 2 aliphatic heterocycles. The van der Waals surface area contributed by atoms with Crippen molar-refractivity contribution in [3.63, 3.8) is 0 Å². The number of hydrogen-bond donors (Lipinski definition) is 7. The number of ether oxygens (including phenoxy) is 3. The Labute approximate surface area is 243 Å². The highest BCUT2D eigenvalue weighted by Crippen LogP contribution is 2.42. The molecule has 0 radical (unpaired) electrons. The normalized spacial score (nSPS) is 36.5. The van der Waals surface area contributed by atoms with Gasteiger partial charge in [0.25, 0.3) is 0 Å². The number of rotatable bonds is 7. The van der Waals surface area contributed by atoms with Crippen LogP contribution in [0.5, 0.6) is 0 Å². The highest BCUT2D eigenvalue weighted by molar-refractivity contribution is 7.13. The van der Waals surface area contributed by atoms with Crippen LogP contribution >= 0.6 is 11.3 Å². The van der Waals surface area contributed by atoms with E-state index in [0.29, 0.717) is 16.5 Å². The van der Waals surface area contributed by atoms with Crippen LogP contribution in [-0.4, -0.2) is 101 Å². The number of anilines is 2. The molecule has 1 amide bonds. The summed E-state index contributed by atoms with van der Waals surface area (Å²) in [5.74, 6) is -2.59. The Morgan fingerprint density at radius 2 is 1.79 bits per heavy atom. The molecule has 0 bridgehead atoms. The summed E-state index contributed by atoms with van der Waals surface area (Å²) in [6, 6.07) is 2.09. The van der Waals surface area contributed by atoms with E-state index in [1.165, 1.54) is 23.5 Å². The van der Waals surface area contributed by atoms with Crippen LogP contribution in [0.2, 0.25) is 0 Å². The molecule has 3 aliphatic rings. The predicted molar refractivity (Wildman–Crippen MR) is 144 cm³/mol. The van der Waals surface area contributed by atoms with Crippen LogP contribution in [0.1, 0.15) is 24.6 Å². The van der Waals surface area contributed by atoms with Crippen molar-refractivity contribution in [2.24, 2.45) is 0 Å². The first-order chi connectivity index (χ1) is 19.8. The number of likely N-dealkylation sites (N-methyl/N-ethyl adjacent to an activating group) is 2. The second-order valence-corrected chi connectivity index (χ2v) is 11.6. The molecule has 1 aliphatic carbocycles. The molecule has 232 valence electrons. The van der Waals surface area contributed by atoms with Gasteiger partial charge in [0, 0.05) is 11.1 Å². The minimum atomic E-state index is -4.44. The van der Waals surface area contributed by atoms with Crippen LogP contribution in [0, 0.1) is 0 Å². The molecule has 16 heteroatoms. The molecule has 12 nitrogen and oxygen atoms in total. The average molecular weight is 618 g/mol. The summed E-state index contributed by atoms with van der Waals surface area (Å²) in [5, 5.41) is 47.0. The van der Waals surface area contributed by atoms with Gasteiger partial charge in [0.2, 0.25) is 18.0 Å². The lowest BCUT2D eigenvalue weighted by Gasteiger charge is -2.58. The highest BCUT2D eigenvalue weighted by atomic mass is 32.1. The molecule has 10 atom stereocenters. The lowest BCUT2D eigenvalue weighted by Crippen LogP contribution is -2.79. The quantitative estimate of drug-likeness (QED) is 0.231. The number of nitrogens with one attached hydrogen (secondary N) is 4. The summed E-state index contributed by atoms with van der Waals surface area (Å²) in [5.41, 5.74) is 0.0472. The SMILES string of the molecule is CN[C@@H]1[C@H](O)[C@H](NC)C2O[C@]3(O)C(OC2[C@H]1O)O[C@H](C)C[C@H]3NC(=O)Cc1csc(Nc2ccc(C(F)(F)F)cc2)n1. The van der Waals surface area contributed by atoms with Gasteiger partial charge >= 0.3 is 6.18 Å². The fraction of sp³-hybridized carbons (Fsp3) is 0.615. The fourth-order valence-electron chi connectivity index (χ4n) is 5.74. The molecule has 2 aromatic rings. The second kappa shape index (κ2) is 11.9. The Balaban J connectivity index is 1.25. The molecule has 3 fully saturated rings. The number of aliphatic hydroxyl groups is 3. The maximum absolute atomic E-state index is 13.1. The summed E-state index contributed by atoms with van der Waals surface area (Å²) in [6.45, 7) is 1.75. The first kappa shape index (κ1) is 31.0. The van der Waals surface area contributed by atoms with Gasteiger partial charge in [0.15, 0.2) is 5.13 Å². The highest BCUT2D eigenvalue weighted by Gasteiger charge is 2.63. The third-order valence-corrected chi connectivity index (χ3v) is 8.65. The Kier molecular flexibility index (Phi) is 8.82. The number of carbonyl (C=O) groups is 1. The minimum Gasteiger partial charge on any atom is -0.390 e. The van der Waals surface area contributed by atoms with Gasteiger partial charge in [0.1, 0.15) is 18.3 Å². The van der Waals surface area contributed by atoms with Crippen LogP contribution < -0.4 is 21.3 Å². The van der Waals surface area contributed by atoms with Gasteiger partial charge in [-0.2, -0.15) is 13.2 Å². The number of fused-ring (bicyclic) bond motifs is 2. The number of alkyl halides is 3. The number of halogens is 3. The summed E-state index contributed by atoms with van der Waals surface area (Å²) in [6.07, 6.45) is -10.3. The first-order valence-electron chi connectivity index (χ1n) is 13.4. The molecule has 1 aromatic heterocycles. The van der Waals surface area contributed by atoms with Gasteiger partial charge in [-0.3, -0.25) is 4.79 Å². The summed E-state index contributed by atoms with van der Waals surface area (Å²) >= 11 is 1.18. The number of thiazole rings is 1. The number of aliphatic hydroxyl groups excluding tert-OH is 2. The number of hydrogen-bond acceptors (Lipinski definition) is 12. The van der Waals surface area contributed by atoms with E-state index < -0.39 is 78.4 Å².